The summed E-state index contributed by atoms with van der Waals surface area (Å²) >= 11 is 0. The molecule has 1 aromatic heterocycles. The number of fused-ring (bicyclic) bond motifs is 1. The van der Waals surface area contributed by atoms with E-state index in [-0.39, 0.29) is 17.7 Å². The normalized spacial score (nSPS) is 17.6. The molecule has 7 heteroatoms. The first-order valence-corrected chi connectivity index (χ1v) is 10.2. The average molecular weight is 384 g/mol. The number of benzene rings is 1. The lowest BCUT2D eigenvalue weighted by Crippen LogP contribution is -2.41. The molecule has 150 valence electrons. The molecular weight excluding hydrogens is 356 g/mol. The van der Waals surface area contributed by atoms with E-state index in [2.05, 4.69) is 15.5 Å². The van der Waals surface area contributed by atoms with Crippen LogP contribution in [0.3, 0.4) is 0 Å². The van der Waals surface area contributed by atoms with Crippen LogP contribution in [0.5, 0.6) is 0 Å². The van der Waals surface area contributed by atoms with Gasteiger partial charge in [-0.2, -0.15) is 0 Å². The minimum Gasteiger partial charge on any atom is -0.379 e. The lowest BCUT2D eigenvalue weighted by Gasteiger charge is -2.26. The molecule has 2 aromatic rings. The smallest absolute Gasteiger partial charge is 0.267 e. The summed E-state index contributed by atoms with van der Waals surface area (Å²) in [6.07, 6.45) is 1.96. The molecule has 1 saturated carbocycles. The lowest BCUT2D eigenvalue weighted by molar-refractivity contribution is -0.117. The second kappa shape index (κ2) is 8.32. The van der Waals surface area contributed by atoms with Gasteiger partial charge in [0.2, 0.25) is 5.91 Å². The van der Waals surface area contributed by atoms with Gasteiger partial charge in [0.05, 0.1) is 13.2 Å². The molecule has 1 aromatic carbocycles. The van der Waals surface area contributed by atoms with Gasteiger partial charge in [0.1, 0.15) is 5.69 Å². The first kappa shape index (κ1) is 19.0. The number of aromatic nitrogens is 1. The second-order valence-electron chi connectivity index (χ2n) is 7.52. The molecule has 2 N–H and O–H groups in total. The number of carbonyl (C=O) groups excluding carboxylic acids is 2. The quantitative estimate of drug-likeness (QED) is 0.766. The summed E-state index contributed by atoms with van der Waals surface area (Å²) in [5.74, 6) is 0.203. The number of carbonyl (C=O) groups is 2. The van der Waals surface area contributed by atoms with Gasteiger partial charge >= 0.3 is 0 Å². The van der Waals surface area contributed by atoms with Crippen LogP contribution in [0.2, 0.25) is 0 Å². The van der Waals surface area contributed by atoms with Gasteiger partial charge in [0, 0.05) is 55.2 Å². The number of nitrogens with one attached hydrogen (secondary N) is 2. The highest BCUT2D eigenvalue weighted by atomic mass is 16.5. The van der Waals surface area contributed by atoms with E-state index in [9.17, 15) is 9.59 Å². The van der Waals surface area contributed by atoms with Crippen LogP contribution in [0.25, 0.3) is 10.9 Å². The Bertz CT molecular complexity index is 866. The van der Waals surface area contributed by atoms with Gasteiger partial charge in [0.15, 0.2) is 0 Å². The van der Waals surface area contributed by atoms with Crippen molar-refractivity contribution in [2.75, 3.05) is 44.7 Å². The van der Waals surface area contributed by atoms with Crippen molar-refractivity contribution in [2.24, 2.45) is 5.92 Å². The summed E-state index contributed by atoms with van der Waals surface area (Å²) in [5, 5.41) is 6.98. The van der Waals surface area contributed by atoms with Crippen LogP contribution in [-0.2, 0) is 16.1 Å². The number of ether oxygens (including phenoxy) is 1. The van der Waals surface area contributed by atoms with Gasteiger partial charge in [-0.3, -0.25) is 14.5 Å². The molecule has 0 unspecified atom stereocenters. The maximum atomic E-state index is 12.8. The minimum absolute atomic E-state index is 0.0603. The highest BCUT2D eigenvalue weighted by Gasteiger charge is 2.29. The molecule has 0 bridgehead atoms. The highest BCUT2D eigenvalue weighted by molar-refractivity contribution is 6.01. The SMILES string of the molecule is CCn1c(C(=O)NCCN2CCOCC2)cc2cc(NC(=O)C3CC3)ccc21. The van der Waals surface area contributed by atoms with E-state index in [0.29, 0.717) is 18.8 Å². The van der Waals surface area contributed by atoms with Crippen molar-refractivity contribution in [3.63, 3.8) is 0 Å². The summed E-state index contributed by atoms with van der Waals surface area (Å²) in [4.78, 5) is 27.1. The highest BCUT2D eigenvalue weighted by Crippen LogP contribution is 2.31. The molecule has 0 atom stereocenters. The Morgan fingerprint density at radius 1 is 1.18 bits per heavy atom. The van der Waals surface area contributed by atoms with E-state index in [1.165, 1.54) is 0 Å². The molecule has 0 radical (unpaired) electrons. The topological polar surface area (TPSA) is 75.6 Å². The zero-order valence-corrected chi connectivity index (χ0v) is 16.4. The van der Waals surface area contributed by atoms with Gasteiger partial charge in [-0.1, -0.05) is 0 Å². The van der Waals surface area contributed by atoms with E-state index in [1.54, 1.807) is 0 Å². The number of anilines is 1. The largest absolute Gasteiger partial charge is 0.379 e. The predicted octanol–water partition coefficient (Wildman–Crippen LogP) is 2.07. The number of nitrogens with zero attached hydrogens (tertiary/aromatic N) is 2. The first-order valence-electron chi connectivity index (χ1n) is 10.2. The molecule has 2 aliphatic rings. The fourth-order valence-corrected chi connectivity index (χ4v) is 3.71. The number of aryl methyl sites for hydroxylation is 1. The van der Waals surface area contributed by atoms with E-state index in [1.807, 2.05) is 35.8 Å². The Hall–Kier alpha value is -2.38. The zero-order valence-electron chi connectivity index (χ0n) is 16.4. The fraction of sp³-hybridized carbons (Fsp3) is 0.524. The third-order valence-electron chi connectivity index (χ3n) is 5.48. The van der Waals surface area contributed by atoms with Gasteiger partial charge in [0.25, 0.3) is 5.91 Å². The maximum absolute atomic E-state index is 12.8. The molecular formula is C21H28N4O3. The van der Waals surface area contributed by atoms with Crippen molar-refractivity contribution in [1.82, 2.24) is 14.8 Å². The summed E-state index contributed by atoms with van der Waals surface area (Å²) in [6, 6.07) is 7.75. The second-order valence-corrected chi connectivity index (χ2v) is 7.52. The Morgan fingerprint density at radius 2 is 1.96 bits per heavy atom. The third kappa shape index (κ3) is 4.20. The monoisotopic (exact) mass is 384 g/mol. The predicted molar refractivity (Wildman–Crippen MR) is 109 cm³/mol. The lowest BCUT2D eigenvalue weighted by atomic mass is 10.2. The Balaban J connectivity index is 1.44. The Kier molecular flexibility index (Phi) is 5.64. The van der Waals surface area contributed by atoms with Gasteiger partial charge < -0.3 is 19.9 Å². The summed E-state index contributed by atoms with van der Waals surface area (Å²) in [5.41, 5.74) is 2.45. The molecule has 1 aliphatic heterocycles. The molecule has 4 rings (SSSR count). The molecule has 2 heterocycles. The van der Waals surface area contributed by atoms with E-state index >= 15 is 0 Å². The van der Waals surface area contributed by atoms with Crippen molar-refractivity contribution >= 4 is 28.4 Å². The van der Waals surface area contributed by atoms with Crippen molar-refractivity contribution < 1.29 is 14.3 Å². The molecule has 1 saturated heterocycles. The molecule has 28 heavy (non-hydrogen) atoms. The number of hydrogen-bond acceptors (Lipinski definition) is 4. The van der Waals surface area contributed by atoms with Crippen molar-refractivity contribution in [3.8, 4) is 0 Å². The van der Waals surface area contributed by atoms with Crippen LogP contribution in [-0.4, -0.2) is 60.7 Å². The van der Waals surface area contributed by atoms with Gasteiger partial charge in [-0.25, -0.2) is 0 Å². The maximum Gasteiger partial charge on any atom is 0.267 e. The van der Waals surface area contributed by atoms with Crippen molar-refractivity contribution in [1.29, 1.82) is 0 Å². The Labute approximate surface area is 165 Å². The summed E-state index contributed by atoms with van der Waals surface area (Å²) in [6.45, 7) is 7.55. The van der Waals surface area contributed by atoms with Gasteiger partial charge in [-0.05, 0) is 44.0 Å². The minimum atomic E-state index is -0.0603. The van der Waals surface area contributed by atoms with Crippen molar-refractivity contribution in [2.45, 2.75) is 26.3 Å². The molecule has 0 spiro atoms. The number of amides is 2. The molecule has 2 amide bonds. The third-order valence-corrected chi connectivity index (χ3v) is 5.48. The van der Waals surface area contributed by atoms with Crippen LogP contribution in [0.4, 0.5) is 5.69 Å². The molecule has 1 aliphatic carbocycles. The van der Waals surface area contributed by atoms with Gasteiger partial charge in [-0.15, -0.1) is 0 Å². The summed E-state index contributed by atoms with van der Waals surface area (Å²) in [7, 11) is 0. The van der Waals surface area contributed by atoms with Crippen molar-refractivity contribution in [3.05, 3.63) is 30.0 Å². The van der Waals surface area contributed by atoms with Crippen LogP contribution < -0.4 is 10.6 Å². The van der Waals surface area contributed by atoms with E-state index in [0.717, 1.165) is 62.3 Å². The zero-order chi connectivity index (χ0) is 19.5. The average Bonchev–Trinajstić information content (AvgIpc) is 3.49. The number of rotatable bonds is 7. The summed E-state index contributed by atoms with van der Waals surface area (Å²) < 4.78 is 7.37. The van der Waals surface area contributed by atoms with Crippen LogP contribution in [0, 0.1) is 5.92 Å². The number of hydrogen-bond donors (Lipinski definition) is 2. The first-order chi connectivity index (χ1) is 13.7. The van der Waals surface area contributed by atoms with Crippen LogP contribution in [0.1, 0.15) is 30.3 Å². The van der Waals surface area contributed by atoms with Crippen LogP contribution in [0.15, 0.2) is 24.3 Å². The van der Waals surface area contributed by atoms with Crippen LogP contribution >= 0.6 is 0 Å². The van der Waals surface area contributed by atoms with E-state index < -0.39 is 0 Å². The standard InChI is InChI=1S/C21H28N4O3/c1-2-25-18-6-5-17(23-20(26)15-3-4-15)13-16(18)14-19(25)21(27)22-7-8-24-9-11-28-12-10-24/h5-6,13-15H,2-4,7-12H2,1H3,(H,22,27)(H,23,26). The fourth-order valence-electron chi connectivity index (χ4n) is 3.71. The Morgan fingerprint density at radius 3 is 2.68 bits per heavy atom. The molecule has 7 nitrogen and oxygen atoms in total. The van der Waals surface area contributed by atoms with E-state index in [4.69, 9.17) is 4.74 Å². The number of morpholine rings is 1. The molecule has 2 fully saturated rings.